The molecule has 88 valence electrons. The highest BCUT2D eigenvalue weighted by atomic mass is 16.5. The molecule has 1 aromatic heterocycles. The zero-order valence-corrected chi connectivity index (χ0v) is 10.2. The lowest BCUT2D eigenvalue weighted by Gasteiger charge is -2.12. The average molecular weight is 229 g/mol. The number of nitrogens with zero attached hydrogens (tertiary/aromatic N) is 2. The lowest BCUT2D eigenvalue weighted by molar-refractivity contribution is 0.415. The summed E-state index contributed by atoms with van der Waals surface area (Å²) in [6, 6.07) is 5.91. The molecule has 1 heterocycles. The summed E-state index contributed by atoms with van der Waals surface area (Å²) in [5.74, 6) is 1.07. The van der Waals surface area contributed by atoms with Crippen molar-refractivity contribution in [3.05, 3.63) is 35.5 Å². The van der Waals surface area contributed by atoms with Crippen LogP contribution in [0.25, 0.3) is 11.3 Å². The standard InChI is InChI=1S/C13H15N3O/c1-8-6-9(2)12(11(7-8)17-3)10-4-5-15-13(14)16-10/h4-7H,1-3H3,(H2,14,15,16). The van der Waals surface area contributed by atoms with E-state index in [4.69, 9.17) is 10.5 Å². The van der Waals surface area contributed by atoms with Gasteiger partial charge in [-0.15, -0.1) is 0 Å². The zero-order chi connectivity index (χ0) is 12.4. The van der Waals surface area contributed by atoms with E-state index in [1.807, 2.05) is 26.0 Å². The van der Waals surface area contributed by atoms with Gasteiger partial charge in [0.05, 0.1) is 12.8 Å². The molecule has 17 heavy (non-hydrogen) atoms. The molecular formula is C13H15N3O. The van der Waals surface area contributed by atoms with E-state index < -0.39 is 0 Å². The number of hydrogen-bond donors (Lipinski definition) is 1. The molecule has 2 N–H and O–H groups in total. The van der Waals surface area contributed by atoms with Gasteiger partial charge in [-0.2, -0.15) is 0 Å². The van der Waals surface area contributed by atoms with E-state index in [1.54, 1.807) is 13.3 Å². The van der Waals surface area contributed by atoms with Gasteiger partial charge < -0.3 is 10.5 Å². The van der Waals surface area contributed by atoms with E-state index >= 15 is 0 Å². The fourth-order valence-corrected chi connectivity index (χ4v) is 1.93. The smallest absolute Gasteiger partial charge is 0.220 e. The molecule has 1 aromatic carbocycles. The molecule has 2 aromatic rings. The number of hydrogen-bond acceptors (Lipinski definition) is 4. The largest absolute Gasteiger partial charge is 0.496 e. The Balaban J connectivity index is 2.66. The van der Waals surface area contributed by atoms with Gasteiger partial charge in [0.2, 0.25) is 5.95 Å². The van der Waals surface area contributed by atoms with Crippen LogP contribution in [0.2, 0.25) is 0 Å². The van der Waals surface area contributed by atoms with Crippen molar-refractivity contribution in [2.24, 2.45) is 0 Å². The van der Waals surface area contributed by atoms with Gasteiger partial charge >= 0.3 is 0 Å². The first-order valence-corrected chi connectivity index (χ1v) is 5.36. The van der Waals surface area contributed by atoms with Crippen molar-refractivity contribution in [2.45, 2.75) is 13.8 Å². The maximum atomic E-state index is 5.60. The quantitative estimate of drug-likeness (QED) is 0.858. The Hall–Kier alpha value is -2.10. The molecule has 0 atom stereocenters. The van der Waals surface area contributed by atoms with Crippen LogP contribution >= 0.6 is 0 Å². The van der Waals surface area contributed by atoms with E-state index in [1.165, 1.54) is 0 Å². The van der Waals surface area contributed by atoms with Gasteiger partial charge in [-0.25, -0.2) is 9.97 Å². The fourth-order valence-electron chi connectivity index (χ4n) is 1.93. The summed E-state index contributed by atoms with van der Waals surface area (Å²) in [7, 11) is 1.66. The third kappa shape index (κ3) is 2.20. The second-order valence-corrected chi connectivity index (χ2v) is 3.96. The summed E-state index contributed by atoms with van der Waals surface area (Å²) in [6.07, 6.45) is 1.65. The summed E-state index contributed by atoms with van der Waals surface area (Å²) >= 11 is 0. The molecule has 0 fully saturated rings. The second-order valence-electron chi connectivity index (χ2n) is 3.96. The van der Waals surface area contributed by atoms with Gasteiger partial charge in [0.25, 0.3) is 0 Å². The van der Waals surface area contributed by atoms with E-state index in [9.17, 15) is 0 Å². The third-order valence-corrected chi connectivity index (χ3v) is 2.59. The van der Waals surface area contributed by atoms with Gasteiger partial charge in [0.15, 0.2) is 0 Å². The van der Waals surface area contributed by atoms with Crippen LogP contribution in [0, 0.1) is 13.8 Å². The van der Waals surface area contributed by atoms with Crippen LogP contribution in [0.15, 0.2) is 24.4 Å². The predicted molar refractivity (Wildman–Crippen MR) is 67.9 cm³/mol. The summed E-state index contributed by atoms with van der Waals surface area (Å²) in [4.78, 5) is 8.12. The van der Waals surface area contributed by atoms with Gasteiger partial charge in [-0.1, -0.05) is 6.07 Å². The average Bonchev–Trinajstić information content (AvgIpc) is 2.27. The molecule has 0 unspecified atom stereocenters. The molecule has 0 radical (unpaired) electrons. The highest BCUT2D eigenvalue weighted by Gasteiger charge is 2.11. The molecule has 4 heteroatoms. The predicted octanol–water partition coefficient (Wildman–Crippen LogP) is 2.35. The van der Waals surface area contributed by atoms with Crippen LogP contribution in [0.1, 0.15) is 11.1 Å². The van der Waals surface area contributed by atoms with Crippen LogP contribution in [-0.2, 0) is 0 Å². The molecule has 0 saturated heterocycles. The lowest BCUT2D eigenvalue weighted by Crippen LogP contribution is -1.98. The molecule has 4 nitrogen and oxygen atoms in total. The minimum atomic E-state index is 0.268. The Labute approximate surface area is 100 Å². The van der Waals surface area contributed by atoms with Crippen molar-refractivity contribution in [2.75, 3.05) is 12.8 Å². The fraction of sp³-hybridized carbons (Fsp3) is 0.231. The van der Waals surface area contributed by atoms with Gasteiger partial charge in [0.1, 0.15) is 5.75 Å². The summed E-state index contributed by atoms with van der Waals surface area (Å²) in [6.45, 7) is 4.07. The maximum absolute atomic E-state index is 5.60. The monoisotopic (exact) mass is 229 g/mol. The minimum Gasteiger partial charge on any atom is -0.496 e. The number of rotatable bonds is 2. The van der Waals surface area contributed by atoms with Crippen molar-refractivity contribution >= 4 is 5.95 Å². The minimum absolute atomic E-state index is 0.268. The highest BCUT2D eigenvalue weighted by molar-refractivity contribution is 5.72. The highest BCUT2D eigenvalue weighted by Crippen LogP contribution is 2.33. The zero-order valence-electron chi connectivity index (χ0n) is 10.2. The van der Waals surface area contributed by atoms with Crippen molar-refractivity contribution < 1.29 is 4.74 Å². The van der Waals surface area contributed by atoms with E-state index in [2.05, 4.69) is 16.0 Å². The number of ether oxygens (including phenoxy) is 1. The number of nitrogen functional groups attached to an aromatic ring is 1. The molecule has 0 bridgehead atoms. The van der Waals surface area contributed by atoms with Crippen molar-refractivity contribution in [3.63, 3.8) is 0 Å². The van der Waals surface area contributed by atoms with Gasteiger partial charge in [0, 0.05) is 11.8 Å². The number of aromatic nitrogens is 2. The van der Waals surface area contributed by atoms with Crippen LogP contribution in [0.4, 0.5) is 5.95 Å². The Morgan fingerprint density at radius 2 is 2.00 bits per heavy atom. The molecule has 0 aliphatic carbocycles. The van der Waals surface area contributed by atoms with Crippen molar-refractivity contribution in [1.82, 2.24) is 9.97 Å². The SMILES string of the molecule is COc1cc(C)cc(C)c1-c1ccnc(N)n1. The molecule has 0 amide bonds. The number of aryl methyl sites for hydroxylation is 2. The number of nitrogens with two attached hydrogens (primary N) is 1. The Kier molecular flexibility index (Phi) is 2.95. The number of benzene rings is 1. The Morgan fingerprint density at radius 3 is 2.65 bits per heavy atom. The maximum Gasteiger partial charge on any atom is 0.220 e. The molecular weight excluding hydrogens is 214 g/mol. The lowest BCUT2D eigenvalue weighted by atomic mass is 10.0. The van der Waals surface area contributed by atoms with Crippen LogP contribution in [-0.4, -0.2) is 17.1 Å². The molecule has 2 rings (SSSR count). The van der Waals surface area contributed by atoms with Crippen LogP contribution in [0.3, 0.4) is 0 Å². The topological polar surface area (TPSA) is 61.0 Å². The first-order valence-electron chi connectivity index (χ1n) is 5.36. The number of anilines is 1. The summed E-state index contributed by atoms with van der Waals surface area (Å²) in [5, 5.41) is 0. The Bertz CT molecular complexity index is 552. The van der Waals surface area contributed by atoms with Gasteiger partial charge in [-0.05, 0) is 37.1 Å². The first-order chi connectivity index (χ1) is 8.11. The Morgan fingerprint density at radius 1 is 1.24 bits per heavy atom. The third-order valence-electron chi connectivity index (χ3n) is 2.59. The van der Waals surface area contributed by atoms with E-state index in [-0.39, 0.29) is 5.95 Å². The molecule has 0 aliphatic heterocycles. The van der Waals surface area contributed by atoms with Crippen LogP contribution in [0.5, 0.6) is 5.75 Å². The van der Waals surface area contributed by atoms with Crippen LogP contribution < -0.4 is 10.5 Å². The van der Waals surface area contributed by atoms with E-state index in [0.29, 0.717) is 0 Å². The van der Waals surface area contributed by atoms with E-state index in [0.717, 1.165) is 28.1 Å². The van der Waals surface area contributed by atoms with Gasteiger partial charge in [-0.3, -0.25) is 0 Å². The first kappa shape index (κ1) is 11.4. The summed E-state index contributed by atoms with van der Waals surface area (Å²) in [5.41, 5.74) is 9.62. The number of methoxy groups -OCH3 is 1. The molecule has 0 spiro atoms. The van der Waals surface area contributed by atoms with Crippen molar-refractivity contribution in [3.8, 4) is 17.0 Å². The second kappa shape index (κ2) is 4.41. The molecule has 0 saturated carbocycles. The molecule has 0 aliphatic rings. The summed E-state index contributed by atoms with van der Waals surface area (Å²) < 4.78 is 5.40. The normalized spacial score (nSPS) is 10.3. The van der Waals surface area contributed by atoms with Crippen molar-refractivity contribution in [1.29, 1.82) is 0 Å².